The summed E-state index contributed by atoms with van der Waals surface area (Å²) in [4.78, 5) is 8.91. The summed E-state index contributed by atoms with van der Waals surface area (Å²) in [5.41, 5.74) is 4.06. The maximum absolute atomic E-state index is 4.51. The van der Waals surface area contributed by atoms with Gasteiger partial charge in [0, 0.05) is 23.5 Å². The van der Waals surface area contributed by atoms with Crippen LogP contribution in [0.1, 0.15) is 5.56 Å². The molecule has 0 bridgehead atoms. The average Bonchev–Trinajstić information content (AvgIpc) is 2.55. The molecule has 0 aliphatic heterocycles. The summed E-state index contributed by atoms with van der Waals surface area (Å²) in [5, 5.41) is 0. The van der Waals surface area contributed by atoms with Crippen LogP contribution in [-0.2, 0) is 0 Å². The molecule has 1 heterocycles. The fraction of sp³-hybridized carbons (Fsp3) is 0. The minimum Gasteiger partial charge on any atom is -0.256 e. The third-order valence-electron chi connectivity index (χ3n) is 3.01. The Bertz CT molecular complexity index is 704. The number of nitrogens with zero attached hydrogens (tertiary/aromatic N) is 2. The molecular formula is C18H14N2. The lowest BCUT2D eigenvalue weighted by molar-refractivity contribution is 1.32. The third-order valence-corrected chi connectivity index (χ3v) is 3.01. The first kappa shape index (κ1) is 12.3. The first-order valence-corrected chi connectivity index (χ1v) is 6.53. The highest BCUT2D eigenvalue weighted by Crippen LogP contribution is 2.20. The van der Waals surface area contributed by atoms with Gasteiger partial charge in [0.05, 0.1) is 11.4 Å². The highest BCUT2D eigenvalue weighted by molar-refractivity contribution is 5.90. The van der Waals surface area contributed by atoms with Gasteiger partial charge in [-0.3, -0.25) is 9.98 Å². The van der Waals surface area contributed by atoms with E-state index in [2.05, 4.69) is 22.1 Å². The van der Waals surface area contributed by atoms with Gasteiger partial charge in [0.25, 0.3) is 0 Å². The van der Waals surface area contributed by atoms with Crippen LogP contribution in [0.2, 0.25) is 0 Å². The SMILES string of the molecule is C(=Nc1ccccc1)c1ccccc1-c1ccccn1. The number of rotatable bonds is 3. The molecular weight excluding hydrogens is 244 g/mol. The first-order valence-electron chi connectivity index (χ1n) is 6.53. The predicted molar refractivity (Wildman–Crippen MR) is 83.4 cm³/mol. The van der Waals surface area contributed by atoms with Crippen molar-refractivity contribution < 1.29 is 0 Å². The number of aromatic nitrogens is 1. The number of hydrogen-bond donors (Lipinski definition) is 0. The summed E-state index contributed by atoms with van der Waals surface area (Å²) in [7, 11) is 0. The number of benzene rings is 2. The summed E-state index contributed by atoms with van der Waals surface area (Å²) < 4.78 is 0. The van der Waals surface area contributed by atoms with Crippen LogP contribution in [0.15, 0.2) is 84.0 Å². The van der Waals surface area contributed by atoms with Crippen molar-refractivity contribution in [3.8, 4) is 11.3 Å². The van der Waals surface area contributed by atoms with Crippen LogP contribution in [0.4, 0.5) is 5.69 Å². The average molecular weight is 258 g/mol. The van der Waals surface area contributed by atoms with Crippen LogP contribution in [0.3, 0.4) is 0 Å². The van der Waals surface area contributed by atoms with Gasteiger partial charge in [-0.1, -0.05) is 48.5 Å². The molecule has 0 aliphatic rings. The largest absolute Gasteiger partial charge is 0.256 e. The molecule has 0 radical (unpaired) electrons. The summed E-state index contributed by atoms with van der Waals surface area (Å²) in [6.07, 6.45) is 3.69. The Labute approximate surface area is 118 Å². The van der Waals surface area contributed by atoms with E-state index in [0.717, 1.165) is 22.5 Å². The molecule has 0 aliphatic carbocycles. The molecule has 0 atom stereocenters. The summed E-state index contributed by atoms with van der Waals surface area (Å²) in [5.74, 6) is 0. The van der Waals surface area contributed by atoms with E-state index in [4.69, 9.17) is 0 Å². The number of hydrogen-bond acceptors (Lipinski definition) is 2. The Morgan fingerprint density at radius 1 is 0.750 bits per heavy atom. The molecule has 3 aromatic rings. The molecule has 1 aromatic heterocycles. The lowest BCUT2D eigenvalue weighted by atomic mass is 10.0. The maximum atomic E-state index is 4.51. The summed E-state index contributed by atoms with van der Waals surface area (Å²) in [6.45, 7) is 0. The maximum Gasteiger partial charge on any atom is 0.0708 e. The molecule has 20 heavy (non-hydrogen) atoms. The van der Waals surface area contributed by atoms with E-state index in [1.165, 1.54) is 0 Å². The van der Waals surface area contributed by atoms with Crippen molar-refractivity contribution in [3.05, 3.63) is 84.6 Å². The number of pyridine rings is 1. The van der Waals surface area contributed by atoms with Crippen molar-refractivity contribution in [3.63, 3.8) is 0 Å². The van der Waals surface area contributed by atoms with Gasteiger partial charge in [0.1, 0.15) is 0 Å². The lowest BCUT2D eigenvalue weighted by Gasteiger charge is -2.04. The Hall–Kier alpha value is -2.74. The molecule has 0 amide bonds. The lowest BCUT2D eigenvalue weighted by Crippen LogP contribution is -1.89. The minimum absolute atomic E-state index is 0.948. The second kappa shape index (κ2) is 5.93. The second-order valence-electron chi connectivity index (χ2n) is 4.40. The highest BCUT2D eigenvalue weighted by Gasteiger charge is 2.02. The van der Waals surface area contributed by atoms with Gasteiger partial charge in [0.2, 0.25) is 0 Å². The third kappa shape index (κ3) is 2.81. The number of aliphatic imine (C=N–C) groups is 1. The van der Waals surface area contributed by atoms with Crippen molar-refractivity contribution in [1.82, 2.24) is 4.98 Å². The molecule has 0 saturated carbocycles. The van der Waals surface area contributed by atoms with Gasteiger partial charge in [-0.15, -0.1) is 0 Å². The Morgan fingerprint density at radius 2 is 1.50 bits per heavy atom. The topological polar surface area (TPSA) is 25.2 Å². The zero-order chi connectivity index (χ0) is 13.6. The molecule has 0 spiro atoms. The Kier molecular flexibility index (Phi) is 3.65. The van der Waals surface area contributed by atoms with Crippen LogP contribution >= 0.6 is 0 Å². The van der Waals surface area contributed by atoms with Crippen LogP contribution < -0.4 is 0 Å². The molecule has 0 unspecified atom stereocenters. The molecule has 3 rings (SSSR count). The molecule has 0 N–H and O–H groups in total. The molecule has 0 fully saturated rings. The van der Waals surface area contributed by atoms with Crippen molar-refractivity contribution in [1.29, 1.82) is 0 Å². The molecule has 0 saturated heterocycles. The van der Waals surface area contributed by atoms with Crippen LogP contribution in [-0.4, -0.2) is 11.2 Å². The first-order chi connectivity index (χ1) is 9.93. The van der Waals surface area contributed by atoms with E-state index >= 15 is 0 Å². The second-order valence-corrected chi connectivity index (χ2v) is 4.40. The fourth-order valence-electron chi connectivity index (χ4n) is 2.02. The van der Waals surface area contributed by atoms with E-state index in [1.54, 1.807) is 6.20 Å². The van der Waals surface area contributed by atoms with E-state index < -0.39 is 0 Å². The Morgan fingerprint density at radius 3 is 2.30 bits per heavy atom. The van der Waals surface area contributed by atoms with Crippen molar-refractivity contribution in [2.24, 2.45) is 4.99 Å². The standard InChI is InChI=1S/C18H14N2/c1-2-9-16(10-3-1)20-14-15-8-4-5-11-17(15)18-12-6-7-13-19-18/h1-14H. The predicted octanol–water partition coefficient (Wildman–Crippen LogP) is 4.50. The van der Waals surface area contributed by atoms with E-state index in [9.17, 15) is 0 Å². The summed E-state index contributed by atoms with van der Waals surface area (Å²) in [6, 6.07) is 24.0. The minimum atomic E-state index is 0.948. The van der Waals surface area contributed by atoms with E-state index in [0.29, 0.717) is 0 Å². The fourth-order valence-corrected chi connectivity index (χ4v) is 2.02. The zero-order valence-electron chi connectivity index (χ0n) is 11.0. The van der Waals surface area contributed by atoms with Crippen LogP contribution in [0, 0.1) is 0 Å². The van der Waals surface area contributed by atoms with Gasteiger partial charge in [-0.25, -0.2) is 0 Å². The van der Waals surface area contributed by atoms with Gasteiger partial charge >= 0.3 is 0 Å². The van der Waals surface area contributed by atoms with Gasteiger partial charge in [-0.2, -0.15) is 0 Å². The quantitative estimate of drug-likeness (QED) is 0.635. The van der Waals surface area contributed by atoms with Gasteiger partial charge < -0.3 is 0 Å². The van der Waals surface area contributed by atoms with Gasteiger partial charge in [-0.05, 0) is 24.3 Å². The zero-order valence-corrected chi connectivity index (χ0v) is 11.0. The smallest absolute Gasteiger partial charge is 0.0708 e. The summed E-state index contributed by atoms with van der Waals surface area (Å²) >= 11 is 0. The van der Waals surface area contributed by atoms with Crippen molar-refractivity contribution in [2.75, 3.05) is 0 Å². The monoisotopic (exact) mass is 258 g/mol. The Balaban J connectivity index is 1.97. The van der Waals surface area contributed by atoms with Crippen molar-refractivity contribution >= 4 is 11.9 Å². The molecule has 96 valence electrons. The van der Waals surface area contributed by atoms with Crippen molar-refractivity contribution in [2.45, 2.75) is 0 Å². The molecule has 2 nitrogen and oxygen atoms in total. The molecule has 2 heteroatoms. The highest BCUT2D eigenvalue weighted by atomic mass is 14.7. The van der Waals surface area contributed by atoms with Crippen LogP contribution in [0.5, 0.6) is 0 Å². The number of para-hydroxylation sites is 1. The van der Waals surface area contributed by atoms with E-state index in [1.807, 2.05) is 66.9 Å². The van der Waals surface area contributed by atoms with Gasteiger partial charge in [0.15, 0.2) is 0 Å². The normalized spacial score (nSPS) is 10.8. The van der Waals surface area contributed by atoms with E-state index in [-0.39, 0.29) is 0 Å². The molecule has 2 aromatic carbocycles. The van der Waals surface area contributed by atoms with Crippen LogP contribution in [0.25, 0.3) is 11.3 Å².